The first-order valence-electron chi connectivity index (χ1n) is 11.1. The van der Waals surface area contributed by atoms with Crippen molar-refractivity contribution in [2.45, 2.75) is 25.6 Å². The molecule has 0 atom stereocenters. The molecule has 0 spiro atoms. The molecule has 0 unspecified atom stereocenters. The highest BCUT2D eigenvalue weighted by atomic mass is 79.9. The summed E-state index contributed by atoms with van der Waals surface area (Å²) in [4.78, 5) is 28.3. The van der Waals surface area contributed by atoms with Gasteiger partial charge in [0.1, 0.15) is 0 Å². The third-order valence-corrected chi connectivity index (χ3v) is 6.73. The number of alkyl halides is 3. The van der Waals surface area contributed by atoms with Crippen LogP contribution in [0, 0.1) is 0 Å². The Labute approximate surface area is 208 Å². The third-order valence-electron chi connectivity index (χ3n) is 6.24. The number of ketones is 1. The van der Waals surface area contributed by atoms with Gasteiger partial charge in [0.25, 0.3) is 11.7 Å². The minimum absolute atomic E-state index is 0.131. The second-order valence-electron chi connectivity index (χ2n) is 8.55. The topological polar surface area (TPSA) is 42.3 Å². The molecule has 4 aromatic rings. The van der Waals surface area contributed by atoms with Gasteiger partial charge in [-0.3, -0.25) is 9.59 Å². The molecule has 35 heavy (non-hydrogen) atoms. The van der Waals surface area contributed by atoms with Crippen molar-refractivity contribution < 1.29 is 22.8 Å². The number of anilines is 1. The van der Waals surface area contributed by atoms with Gasteiger partial charge in [-0.1, -0.05) is 46.3 Å². The first-order valence-corrected chi connectivity index (χ1v) is 11.9. The van der Waals surface area contributed by atoms with Crippen LogP contribution in [0.5, 0.6) is 0 Å². The molecule has 5 rings (SSSR count). The molecule has 4 nitrogen and oxygen atoms in total. The number of hydrogen-bond donors (Lipinski definition) is 0. The molecule has 0 saturated heterocycles. The average Bonchev–Trinajstić information content (AvgIpc) is 3.20. The summed E-state index contributed by atoms with van der Waals surface area (Å²) in [6.07, 6.45) is -1.30. The summed E-state index contributed by atoms with van der Waals surface area (Å²) in [6.45, 7) is 0.578. The number of fused-ring (bicyclic) bond motifs is 2. The van der Waals surface area contributed by atoms with Crippen LogP contribution >= 0.6 is 15.9 Å². The lowest BCUT2D eigenvalue weighted by Crippen LogP contribution is -2.40. The molecule has 3 aromatic carbocycles. The lowest BCUT2D eigenvalue weighted by molar-refractivity contribution is -0.137. The highest BCUT2D eigenvalue weighted by Gasteiger charge is 2.31. The summed E-state index contributed by atoms with van der Waals surface area (Å²) in [7, 11) is 0. The van der Waals surface area contributed by atoms with Crippen LogP contribution < -0.4 is 4.90 Å². The van der Waals surface area contributed by atoms with E-state index in [1.54, 1.807) is 41.1 Å². The van der Waals surface area contributed by atoms with Crippen LogP contribution in [0.3, 0.4) is 0 Å². The van der Waals surface area contributed by atoms with E-state index in [1.165, 1.54) is 11.0 Å². The number of hydrogen-bond acceptors (Lipinski definition) is 2. The maximum Gasteiger partial charge on any atom is 0.416 e. The molecule has 0 N–H and O–H groups in total. The van der Waals surface area contributed by atoms with Gasteiger partial charge in [-0.15, -0.1) is 0 Å². The van der Waals surface area contributed by atoms with Crippen molar-refractivity contribution in [3.63, 3.8) is 0 Å². The number of aromatic nitrogens is 1. The molecule has 1 aliphatic heterocycles. The van der Waals surface area contributed by atoms with E-state index in [9.17, 15) is 22.8 Å². The number of Topliss-reactive ketones (excluding diaryl/α,β-unsaturated/α-hetero) is 1. The molecule has 1 amide bonds. The van der Waals surface area contributed by atoms with Gasteiger partial charge < -0.3 is 9.47 Å². The first-order chi connectivity index (χ1) is 16.7. The number of para-hydroxylation sites is 1. The maximum atomic E-state index is 13.4. The Morgan fingerprint density at radius 3 is 2.57 bits per heavy atom. The van der Waals surface area contributed by atoms with E-state index in [4.69, 9.17) is 0 Å². The fraction of sp³-hybridized carbons (Fsp3) is 0.185. The largest absolute Gasteiger partial charge is 0.416 e. The minimum atomic E-state index is -4.44. The molecule has 178 valence electrons. The summed E-state index contributed by atoms with van der Waals surface area (Å²) < 4.78 is 42.1. The van der Waals surface area contributed by atoms with Crippen molar-refractivity contribution in [1.29, 1.82) is 0 Å². The Hall–Kier alpha value is -3.39. The predicted octanol–water partition coefficient (Wildman–Crippen LogP) is 6.63. The SMILES string of the molecule is O=C(C(=O)N1CCCc2cc(Br)ccc21)c1cn(Cc2cccc(C(F)(F)F)c2)c2ccccc12. The quantitative estimate of drug-likeness (QED) is 0.215. The van der Waals surface area contributed by atoms with Crippen LogP contribution in [0.1, 0.15) is 33.5 Å². The van der Waals surface area contributed by atoms with Crippen molar-refractivity contribution in [2.75, 3.05) is 11.4 Å². The molecular weight excluding hydrogens is 521 g/mol. The van der Waals surface area contributed by atoms with Crippen molar-refractivity contribution >= 4 is 44.2 Å². The van der Waals surface area contributed by atoms with E-state index >= 15 is 0 Å². The molecule has 1 aromatic heterocycles. The highest BCUT2D eigenvalue weighted by Crippen LogP contribution is 2.32. The Kier molecular flexibility index (Phi) is 6.01. The van der Waals surface area contributed by atoms with E-state index < -0.39 is 23.4 Å². The predicted molar refractivity (Wildman–Crippen MR) is 132 cm³/mol. The zero-order chi connectivity index (χ0) is 24.7. The van der Waals surface area contributed by atoms with E-state index in [-0.39, 0.29) is 12.1 Å². The second-order valence-corrected chi connectivity index (χ2v) is 9.46. The summed E-state index contributed by atoms with van der Waals surface area (Å²) >= 11 is 3.45. The van der Waals surface area contributed by atoms with Crippen molar-refractivity contribution in [3.8, 4) is 0 Å². The fourth-order valence-corrected chi connectivity index (χ4v) is 5.02. The molecule has 0 radical (unpaired) electrons. The third kappa shape index (κ3) is 4.50. The van der Waals surface area contributed by atoms with E-state index in [2.05, 4.69) is 15.9 Å². The molecule has 0 fully saturated rings. The molecule has 2 heterocycles. The van der Waals surface area contributed by atoms with E-state index in [1.807, 2.05) is 18.2 Å². The number of halogens is 4. The van der Waals surface area contributed by atoms with Crippen LogP contribution in [-0.2, 0) is 23.9 Å². The van der Waals surface area contributed by atoms with Gasteiger partial charge in [0.05, 0.1) is 11.1 Å². The number of amides is 1. The fourth-order valence-electron chi connectivity index (χ4n) is 4.62. The minimum Gasteiger partial charge on any atom is -0.342 e. The molecular formula is C27H20BrF3N2O2. The van der Waals surface area contributed by atoms with Crippen molar-refractivity contribution in [2.24, 2.45) is 0 Å². The number of rotatable bonds is 4. The standard InChI is InChI=1S/C27H20BrF3N2O2/c28-20-10-11-23-18(14-20)6-4-12-33(23)26(35)25(34)22-16-32(24-9-2-1-8-21(22)24)15-17-5-3-7-19(13-17)27(29,30)31/h1-3,5,7-11,13-14,16H,4,6,12,15H2. The number of aryl methyl sites for hydroxylation is 1. The van der Waals surface area contributed by atoms with Gasteiger partial charge in [-0.05, 0) is 60.4 Å². The maximum absolute atomic E-state index is 13.4. The Morgan fingerprint density at radius 2 is 1.77 bits per heavy atom. The lowest BCUT2D eigenvalue weighted by atomic mass is 10.0. The molecule has 1 aliphatic rings. The molecule has 0 bridgehead atoms. The highest BCUT2D eigenvalue weighted by molar-refractivity contribution is 9.10. The zero-order valence-electron chi connectivity index (χ0n) is 18.5. The van der Waals surface area contributed by atoms with Gasteiger partial charge >= 0.3 is 6.18 Å². The van der Waals surface area contributed by atoms with E-state index in [0.29, 0.717) is 23.0 Å². The Morgan fingerprint density at radius 1 is 0.971 bits per heavy atom. The zero-order valence-corrected chi connectivity index (χ0v) is 20.1. The first kappa shape index (κ1) is 23.4. The smallest absolute Gasteiger partial charge is 0.342 e. The Balaban J connectivity index is 1.50. The van der Waals surface area contributed by atoms with Crippen molar-refractivity contribution in [3.05, 3.63) is 99.7 Å². The number of nitrogens with zero attached hydrogens (tertiary/aromatic N) is 2. The van der Waals surface area contributed by atoms with Crippen LogP contribution in [0.25, 0.3) is 10.9 Å². The molecule has 0 aliphatic carbocycles. The molecule has 8 heteroatoms. The van der Waals surface area contributed by atoms with Gasteiger partial charge in [0.2, 0.25) is 0 Å². The van der Waals surface area contributed by atoms with Crippen LogP contribution in [-0.4, -0.2) is 22.8 Å². The lowest BCUT2D eigenvalue weighted by Gasteiger charge is -2.29. The monoisotopic (exact) mass is 540 g/mol. The normalized spacial score (nSPS) is 13.7. The van der Waals surface area contributed by atoms with E-state index in [0.717, 1.165) is 40.7 Å². The summed E-state index contributed by atoms with van der Waals surface area (Å²) in [5, 5.41) is 0.589. The van der Waals surface area contributed by atoms with Crippen molar-refractivity contribution in [1.82, 2.24) is 4.57 Å². The second kappa shape index (κ2) is 9.00. The summed E-state index contributed by atoms with van der Waals surface area (Å²) in [5.74, 6) is -1.25. The van der Waals surface area contributed by atoms with Gasteiger partial charge in [0, 0.05) is 40.3 Å². The molecule has 0 saturated carbocycles. The van der Waals surface area contributed by atoms with Crippen LogP contribution in [0.2, 0.25) is 0 Å². The van der Waals surface area contributed by atoms with Crippen LogP contribution in [0.4, 0.5) is 18.9 Å². The van der Waals surface area contributed by atoms with Gasteiger partial charge in [-0.25, -0.2) is 0 Å². The van der Waals surface area contributed by atoms with Gasteiger partial charge in [-0.2, -0.15) is 13.2 Å². The number of benzene rings is 3. The van der Waals surface area contributed by atoms with Gasteiger partial charge in [0.15, 0.2) is 0 Å². The number of carbonyl (C=O) groups excluding carboxylic acids is 2. The summed E-state index contributed by atoms with van der Waals surface area (Å²) in [6, 6.07) is 17.8. The van der Waals surface area contributed by atoms with Crippen LogP contribution in [0.15, 0.2) is 77.4 Å². The average molecular weight is 541 g/mol. The number of carbonyl (C=O) groups is 2. The Bertz CT molecular complexity index is 1460. The summed E-state index contributed by atoms with van der Waals surface area (Å²) in [5.41, 5.74) is 2.35.